The minimum absolute atomic E-state index is 0. The molecule has 3 saturated heterocycles. The summed E-state index contributed by atoms with van der Waals surface area (Å²) in [5.41, 5.74) is 6.78. The molecular weight excluding hydrogens is 1000 g/mol. The van der Waals surface area contributed by atoms with Crippen molar-refractivity contribution >= 4 is 114 Å². The Labute approximate surface area is 454 Å². The molecule has 0 saturated carbocycles. The van der Waals surface area contributed by atoms with Crippen LogP contribution in [0.2, 0.25) is 0 Å². The second-order valence-electron chi connectivity index (χ2n) is 20.0. The van der Waals surface area contributed by atoms with Gasteiger partial charge in [0.1, 0.15) is 18.1 Å². The van der Waals surface area contributed by atoms with Gasteiger partial charge in [0, 0.05) is 99.3 Å². The molecule has 4 amide bonds. The number of aryl methyl sites for hydroxylation is 1. The number of ether oxygens (including phenoxy) is 2. The summed E-state index contributed by atoms with van der Waals surface area (Å²) in [6.07, 6.45) is 3.74. The smallest absolute Gasteiger partial charge is 0.324 e. The van der Waals surface area contributed by atoms with E-state index in [1.165, 1.54) is 17.0 Å². The lowest BCUT2D eigenvalue weighted by atomic mass is 9.84. The molecule has 15 nitrogen and oxygen atoms in total. The van der Waals surface area contributed by atoms with Crippen molar-refractivity contribution in [3.63, 3.8) is 0 Å². The van der Waals surface area contributed by atoms with Crippen LogP contribution < -0.4 is 15.6 Å². The molecule has 0 radical (unpaired) electrons. The number of cyclic esters (lactones) is 1. The molecule has 21 heteroatoms. The van der Waals surface area contributed by atoms with Gasteiger partial charge in [-0.25, -0.2) is 9.82 Å². The summed E-state index contributed by atoms with van der Waals surface area (Å²) in [5, 5.41) is 5.46. The van der Waals surface area contributed by atoms with Crippen molar-refractivity contribution in [2.45, 2.75) is 129 Å². The lowest BCUT2D eigenvalue weighted by molar-refractivity contribution is -0.156. The molecule has 0 unspecified atom stereocenters. The Morgan fingerprint density at radius 2 is 1.72 bits per heavy atom. The van der Waals surface area contributed by atoms with Crippen molar-refractivity contribution in [3.05, 3.63) is 60.4 Å². The normalized spacial score (nSPS) is 21.4. The summed E-state index contributed by atoms with van der Waals surface area (Å²) < 4.78 is 31.2. The highest BCUT2D eigenvalue weighted by atomic mass is 32.1. The van der Waals surface area contributed by atoms with Crippen LogP contribution in [0, 0.1) is 11.3 Å². The van der Waals surface area contributed by atoms with E-state index in [0.29, 0.717) is 39.0 Å². The van der Waals surface area contributed by atoms with Gasteiger partial charge in [-0.2, -0.15) is 67.5 Å². The van der Waals surface area contributed by atoms with Gasteiger partial charge in [-0.05, 0) is 80.0 Å². The fraction of sp³-hybridized carbons (Fsp3) is 0.600. The Bertz CT molecular complexity index is 2350. The summed E-state index contributed by atoms with van der Waals surface area (Å²) in [5.74, 6) is -3.02. The van der Waals surface area contributed by atoms with Gasteiger partial charge in [-0.15, -0.1) is 0 Å². The zero-order valence-electron chi connectivity index (χ0n) is 42.5. The van der Waals surface area contributed by atoms with Crippen LogP contribution in [0.3, 0.4) is 0 Å². The molecule has 0 aliphatic carbocycles. The third kappa shape index (κ3) is 13.8. The SMILES string of the molecule is C=CC(=O)N1CCC(F)(C(=O)N(C)[C@H](C(=O)N[C@H]2C[C@H]3CN(CCO3)c3ccc4c(c3)c(c(-c3cccnc3C(C)C)n4CC)CC(C)(C)COC(=O)[C@@H]3CCCN(N3)C2=O)C(C)C)CC1.S.S.S.S.S. The van der Waals surface area contributed by atoms with Gasteiger partial charge in [0.15, 0.2) is 5.67 Å². The second kappa shape index (κ2) is 26.6. The number of likely N-dealkylation sites (N-methyl/N-ethyl adjacent to an activating group) is 1. The fourth-order valence-corrected chi connectivity index (χ4v) is 10.3. The number of hydrazine groups is 1. The lowest BCUT2D eigenvalue weighted by Gasteiger charge is -2.41. The molecule has 2 N–H and O–H groups in total. The van der Waals surface area contributed by atoms with E-state index in [9.17, 15) is 24.0 Å². The predicted octanol–water partition coefficient (Wildman–Crippen LogP) is 6.11. The summed E-state index contributed by atoms with van der Waals surface area (Å²) in [4.78, 5) is 78.9. The Morgan fingerprint density at radius 3 is 2.35 bits per heavy atom. The number of esters is 1. The molecular formula is C50H79FN8O7S5. The van der Waals surface area contributed by atoms with E-state index < -0.39 is 64.9 Å². The Morgan fingerprint density at radius 1 is 1.03 bits per heavy atom. The summed E-state index contributed by atoms with van der Waals surface area (Å²) >= 11 is 0. The lowest BCUT2D eigenvalue weighted by Crippen LogP contribution is -2.63. The molecule has 6 heterocycles. The number of carbonyl (C=O) groups excluding carboxylic acids is 5. The maximum atomic E-state index is 16.4. The van der Waals surface area contributed by atoms with Gasteiger partial charge >= 0.3 is 5.97 Å². The zero-order chi connectivity index (χ0) is 47.7. The Balaban J connectivity index is 0.00000346. The van der Waals surface area contributed by atoms with E-state index >= 15 is 4.39 Å². The number of aromatic nitrogens is 2. The highest BCUT2D eigenvalue weighted by Crippen LogP contribution is 2.42. The first-order chi connectivity index (χ1) is 31.4. The van der Waals surface area contributed by atoms with E-state index in [2.05, 4.69) is 85.7 Å². The molecule has 7 rings (SSSR count). The van der Waals surface area contributed by atoms with Gasteiger partial charge in [-0.1, -0.05) is 48.1 Å². The molecule has 4 aliphatic heterocycles. The number of morpholine rings is 1. The van der Waals surface area contributed by atoms with Crippen molar-refractivity contribution in [1.82, 2.24) is 35.1 Å². The third-order valence-electron chi connectivity index (χ3n) is 13.8. The number of alkyl halides is 1. The molecule has 71 heavy (non-hydrogen) atoms. The average Bonchev–Trinajstić information content (AvgIpc) is 3.60. The molecule has 1 aromatic carbocycles. The van der Waals surface area contributed by atoms with Gasteiger partial charge in [0.05, 0.1) is 30.7 Å². The van der Waals surface area contributed by atoms with Gasteiger partial charge in [0.25, 0.3) is 11.8 Å². The van der Waals surface area contributed by atoms with Crippen LogP contribution in [0.5, 0.6) is 0 Å². The maximum Gasteiger partial charge on any atom is 0.324 e. The van der Waals surface area contributed by atoms with Crippen LogP contribution in [-0.2, 0) is 46.4 Å². The van der Waals surface area contributed by atoms with Crippen LogP contribution in [-0.4, -0.2) is 137 Å². The van der Waals surface area contributed by atoms with Crippen molar-refractivity contribution in [2.75, 3.05) is 57.9 Å². The number of carbonyl (C=O) groups is 5. The highest BCUT2D eigenvalue weighted by molar-refractivity contribution is 7.60. The van der Waals surface area contributed by atoms with Crippen LogP contribution in [0.25, 0.3) is 22.2 Å². The van der Waals surface area contributed by atoms with Gasteiger partial charge in [0.2, 0.25) is 11.8 Å². The molecule has 3 aromatic rings. The Hall–Kier alpha value is -3.60. The Kier molecular flexibility index (Phi) is 23.8. The van der Waals surface area contributed by atoms with Crippen molar-refractivity contribution < 1.29 is 37.8 Å². The number of pyridine rings is 1. The van der Waals surface area contributed by atoms with Gasteiger partial charge in [-0.3, -0.25) is 34.0 Å². The largest absolute Gasteiger partial charge is 0.464 e. The molecule has 4 atom stereocenters. The van der Waals surface area contributed by atoms with Crippen LogP contribution in [0.4, 0.5) is 10.1 Å². The number of anilines is 1. The summed E-state index contributed by atoms with van der Waals surface area (Å²) in [6.45, 7) is 20.4. The first-order valence-corrected chi connectivity index (χ1v) is 23.7. The molecule has 0 spiro atoms. The molecule has 398 valence electrons. The van der Waals surface area contributed by atoms with E-state index in [4.69, 9.17) is 14.5 Å². The molecule has 4 aliphatic rings. The second-order valence-corrected chi connectivity index (χ2v) is 20.0. The van der Waals surface area contributed by atoms with E-state index in [1.807, 2.05) is 12.3 Å². The number of benzene rings is 1. The highest BCUT2D eigenvalue weighted by Gasteiger charge is 2.47. The van der Waals surface area contributed by atoms with Crippen molar-refractivity contribution in [3.8, 4) is 11.3 Å². The third-order valence-corrected chi connectivity index (χ3v) is 13.8. The first kappa shape index (κ1) is 63.5. The number of nitrogens with one attached hydrogen (secondary N) is 2. The molecule has 3 fully saturated rings. The summed E-state index contributed by atoms with van der Waals surface area (Å²) in [7, 11) is 1.41. The summed E-state index contributed by atoms with van der Waals surface area (Å²) in [6, 6.07) is 7.60. The average molecular weight is 1080 g/mol. The van der Waals surface area contributed by atoms with Gasteiger partial charge < -0.3 is 34.1 Å². The quantitative estimate of drug-likeness (QED) is 0.189. The van der Waals surface area contributed by atoms with E-state index in [0.717, 1.165) is 56.6 Å². The first-order valence-electron chi connectivity index (χ1n) is 23.7. The number of likely N-dealkylation sites (tertiary alicyclic amines) is 1. The topological polar surface area (TPSA) is 159 Å². The zero-order valence-corrected chi connectivity index (χ0v) is 47.5. The number of fused-ring (bicyclic) bond motifs is 6. The van der Waals surface area contributed by atoms with E-state index in [-0.39, 0.29) is 125 Å². The van der Waals surface area contributed by atoms with Crippen LogP contribution >= 0.6 is 67.5 Å². The van der Waals surface area contributed by atoms with Crippen LogP contribution in [0.15, 0.2) is 49.2 Å². The van der Waals surface area contributed by atoms with Crippen molar-refractivity contribution in [1.29, 1.82) is 0 Å². The number of hydrogen-bond donors (Lipinski definition) is 2. The minimum atomic E-state index is -2.29. The molecule has 6 bridgehead atoms. The maximum absolute atomic E-state index is 16.4. The van der Waals surface area contributed by atoms with Crippen LogP contribution in [0.1, 0.15) is 97.7 Å². The minimum Gasteiger partial charge on any atom is -0.464 e. The number of hydrogen-bond acceptors (Lipinski definition) is 10. The predicted molar refractivity (Wildman–Crippen MR) is 303 cm³/mol. The van der Waals surface area contributed by atoms with Crippen molar-refractivity contribution in [2.24, 2.45) is 11.3 Å². The number of amides is 4. The standard InChI is InChI=1S/C50H69FN8O7.5H2S/c1-10-41(60)56-22-18-50(51,19-23-56)48(64)55(9)43(32(5)6)45(61)53-39-27-34-29-57(24-25-65-34)33-16-17-40-36(26-33)37(44(58(40)11-2)35-14-12-20-52-42(35)31(3)4)28-49(7,8)30-66-47(63)38-15-13-21-59(54-38)46(39)62;;;;;/h10,12,14,16-17,20,26,31-32,34,38-39,43,54H,1,11,13,15,18-19,21-25,27-30H2,2-9H3,(H,53,61);5*1H2/t34-,38-,39-,43-;;;;;/m0...../s1. The monoisotopic (exact) mass is 1080 g/mol. The number of piperidine rings is 1. The number of nitrogens with zero attached hydrogens (tertiary/aromatic N) is 6. The number of rotatable bonds is 9. The molecule has 2 aromatic heterocycles. The number of halogens is 1. The fourth-order valence-electron chi connectivity index (χ4n) is 10.3. The van der Waals surface area contributed by atoms with E-state index in [1.54, 1.807) is 13.8 Å².